The molecule has 3 amide bonds. The van der Waals surface area contributed by atoms with Crippen molar-refractivity contribution in [2.24, 2.45) is 5.92 Å². The van der Waals surface area contributed by atoms with Crippen LogP contribution in [-0.4, -0.2) is 47.9 Å². The Hall–Kier alpha value is -2.04. The van der Waals surface area contributed by atoms with Crippen LogP contribution in [0, 0.1) is 5.92 Å². The Bertz CT molecular complexity index is 623. The fourth-order valence-corrected chi connectivity index (χ4v) is 3.42. The Balaban J connectivity index is 1.48. The number of hydrogen-bond donors (Lipinski definition) is 1. The van der Waals surface area contributed by atoms with E-state index in [-0.39, 0.29) is 11.9 Å². The highest BCUT2D eigenvalue weighted by Crippen LogP contribution is 2.33. The third kappa shape index (κ3) is 5.23. The molecule has 3 rings (SSSR count). The van der Waals surface area contributed by atoms with Crippen LogP contribution in [0.5, 0.6) is 0 Å². The topological polar surface area (TPSA) is 52.7 Å². The van der Waals surface area contributed by atoms with Crippen molar-refractivity contribution in [1.82, 2.24) is 9.80 Å². The van der Waals surface area contributed by atoms with Gasteiger partial charge in [-0.15, -0.1) is 0 Å². The van der Waals surface area contributed by atoms with Crippen LogP contribution in [0.3, 0.4) is 0 Å². The summed E-state index contributed by atoms with van der Waals surface area (Å²) in [5.41, 5.74) is 2.08. The molecule has 1 saturated carbocycles. The minimum atomic E-state index is -0.0745. The van der Waals surface area contributed by atoms with Gasteiger partial charge in [0.05, 0.1) is 0 Å². The van der Waals surface area contributed by atoms with E-state index < -0.39 is 0 Å². The highest BCUT2D eigenvalue weighted by Gasteiger charge is 2.25. The Kier molecular flexibility index (Phi) is 6.17. The smallest absolute Gasteiger partial charge is 0.321 e. The van der Waals surface area contributed by atoms with Gasteiger partial charge in [-0.25, -0.2) is 4.79 Å². The van der Waals surface area contributed by atoms with E-state index in [9.17, 15) is 9.59 Å². The Morgan fingerprint density at radius 3 is 2.35 bits per heavy atom. The lowest BCUT2D eigenvalue weighted by molar-refractivity contribution is -0.131. The molecule has 1 aliphatic carbocycles. The summed E-state index contributed by atoms with van der Waals surface area (Å²) in [5.74, 6) is 1.52. The van der Waals surface area contributed by atoms with Crippen molar-refractivity contribution in [3.8, 4) is 0 Å². The van der Waals surface area contributed by atoms with Gasteiger partial charge in [-0.2, -0.15) is 0 Å². The molecule has 5 nitrogen and oxygen atoms in total. The van der Waals surface area contributed by atoms with E-state index in [0.717, 1.165) is 31.0 Å². The van der Waals surface area contributed by atoms with Gasteiger partial charge >= 0.3 is 6.03 Å². The monoisotopic (exact) mass is 357 g/mol. The maximum absolute atomic E-state index is 12.6. The van der Waals surface area contributed by atoms with Crippen LogP contribution in [0.25, 0.3) is 0 Å². The first kappa shape index (κ1) is 18.7. The molecule has 1 N–H and O–H groups in total. The summed E-state index contributed by atoms with van der Waals surface area (Å²) in [6.07, 6.45) is 5.12. The molecule has 2 fully saturated rings. The SMILES string of the molecule is CC(C)c1ccc(NC(=O)N2CCCN(C(=O)CCC3CC3)CC2)cc1. The van der Waals surface area contributed by atoms with Gasteiger partial charge in [0.25, 0.3) is 0 Å². The van der Waals surface area contributed by atoms with Gasteiger partial charge in [0.2, 0.25) is 5.91 Å². The fourth-order valence-electron chi connectivity index (χ4n) is 3.42. The molecule has 1 saturated heterocycles. The Morgan fingerprint density at radius 1 is 1.04 bits per heavy atom. The molecule has 0 spiro atoms. The van der Waals surface area contributed by atoms with Crippen molar-refractivity contribution in [1.29, 1.82) is 0 Å². The normalized spacial score (nSPS) is 18.0. The largest absolute Gasteiger partial charge is 0.341 e. The molecule has 0 aromatic heterocycles. The van der Waals surface area contributed by atoms with Crippen molar-refractivity contribution in [3.05, 3.63) is 29.8 Å². The minimum Gasteiger partial charge on any atom is -0.341 e. The van der Waals surface area contributed by atoms with E-state index >= 15 is 0 Å². The molecular formula is C21H31N3O2. The Morgan fingerprint density at radius 2 is 1.69 bits per heavy atom. The zero-order valence-electron chi connectivity index (χ0n) is 16.0. The van der Waals surface area contributed by atoms with Gasteiger partial charge < -0.3 is 15.1 Å². The molecule has 1 aromatic carbocycles. The van der Waals surface area contributed by atoms with Crippen molar-refractivity contribution < 1.29 is 9.59 Å². The first-order valence-electron chi connectivity index (χ1n) is 9.96. The van der Waals surface area contributed by atoms with E-state index in [2.05, 4.69) is 31.3 Å². The molecule has 0 bridgehead atoms. The number of rotatable bonds is 5. The molecule has 26 heavy (non-hydrogen) atoms. The summed E-state index contributed by atoms with van der Waals surface area (Å²) in [5, 5.41) is 2.98. The van der Waals surface area contributed by atoms with E-state index in [1.807, 2.05) is 21.9 Å². The number of nitrogens with zero attached hydrogens (tertiary/aromatic N) is 2. The third-order valence-corrected chi connectivity index (χ3v) is 5.43. The molecule has 0 unspecified atom stereocenters. The van der Waals surface area contributed by atoms with Crippen LogP contribution in [0.4, 0.5) is 10.5 Å². The van der Waals surface area contributed by atoms with Crippen molar-refractivity contribution in [3.63, 3.8) is 0 Å². The molecule has 1 aromatic rings. The van der Waals surface area contributed by atoms with Crippen LogP contribution in [0.15, 0.2) is 24.3 Å². The number of urea groups is 1. The molecule has 0 radical (unpaired) electrons. The second-order valence-corrected chi connectivity index (χ2v) is 7.91. The second kappa shape index (κ2) is 8.56. The number of carbonyl (C=O) groups excluding carboxylic acids is 2. The van der Waals surface area contributed by atoms with Gasteiger partial charge in [-0.05, 0) is 42.4 Å². The van der Waals surface area contributed by atoms with Gasteiger partial charge in [-0.3, -0.25) is 4.79 Å². The predicted octanol–water partition coefficient (Wildman–Crippen LogP) is 4.07. The molecule has 5 heteroatoms. The molecular weight excluding hydrogens is 326 g/mol. The average Bonchev–Trinajstić information content (AvgIpc) is 3.46. The van der Waals surface area contributed by atoms with Crippen molar-refractivity contribution >= 4 is 17.6 Å². The summed E-state index contributed by atoms with van der Waals surface area (Å²) >= 11 is 0. The summed E-state index contributed by atoms with van der Waals surface area (Å²) < 4.78 is 0. The number of amides is 3. The van der Waals surface area contributed by atoms with Crippen LogP contribution in [0.2, 0.25) is 0 Å². The highest BCUT2D eigenvalue weighted by molar-refractivity contribution is 5.89. The second-order valence-electron chi connectivity index (χ2n) is 7.91. The number of anilines is 1. The lowest BCUT2D eigenvalue weighted by Gasteiger charge is -2.22. The standard InChI is InChI=1S/C21H31N3O2/c1-16(2)18-7-9-19(10-8-18)22-21(26)24-13-3-12-23(14-15-24)20(25)11-6-17-4-5-17/h7-10,16-17H,3-6,11-15H2,1-2H3,(H,22,26). The van der Waals surface area contributed by atoms with E-state index in [4.69, 9.17) is 0 Å². The highest BCUT2D eigenvalue weighted by atomic mass is 16.2. The number of benzene rings is 1. The van der Waals surface area contributed by atoms with E-state index in [0.29, 0.717) is 32.0 Å². The van der Waals surface area contributed by atoms with Gasteiger partial charge in [0.15, 0.2) is 0 Å². The number of carbonyl (C=O) groups is 2. The van der Waals surface area contributed by atoms with Crippen LogP contribution < -0.4 is 5.32 Å². The lowest BCUT2D eigenvalue weighted by Crippen LogP contribution is -2.39. The summed E-state index contributed by atoms with van der Waals surface area (Å²) in [6, 6.07) is 7.96. The zero-order chi connectivity index (χ0) is 18.5. The minimum absolute atomic E-state index is 0.0745. The van der Waals surface area contributed by atoms with Crippen molar-refractivity contribution in [2.45, 2.75) is 51.9 Å². The van der Waals surface area contributed by atoms with Crippen molar-refractivity contribution in [2.75, 3.05) is 31.5 Å². The van der Waals surface area contributed by atoms with E-state index in [1.165, 1.54) is 18.4 Å². The maximum atomic E-state index is 12.6. The Labute approximate surface area is 156 Å². The van der Waals surface area contributed by atoms with Gasteiger partial charge in [-0.1, -0.05) is 38.8 Å². The number of hydrogen-bond acceptors (Lipinski definition) is 2. The molecule has 0 atom stereocenters. The van der Waals surface area contributed by atoms with Crippen LogP contribution in [0.1, 0.15) is 57.4 Å². The maximum Gasteiger partial charge on any atom is 0.321 e. The quantitative estimate of drug-likeness (QED) is 0.864. The molecule has 1 heterocycles. The lowest BCUT2D eigenvalue weighted by atomic mass is 10.0. The predicted molar refractivity (Wildman–Crippen MR) is 104 cm³/mol. The molecule has 2 aliphatic rings. The zero-order valence-corrected chi connectivity index (χ0v) is 16.0. The van der Waals surface area contributed by atoms with Gasteiger partial charge in [0.1, 0.15) is 0 Å². The van der Waals surface area contributed by atoms with Crippen LogP contribution >= 0.6 is 0 Å². The van der Waals surface area contributed by atoms with Crippen LogP contribution in [-0.2, 0) is 4.79 Å². The average molecular weight is 357 g/mol. The van der Waals surface area contributed by atoms with E-state index in [1.54, 1.807) is 0 Å². The molecule has 142 valence electrons. The third-order valence-electron chi connectivity index (χ3n) is 5.43. The first-order chi connectivity index (χ1) is 12.5. The van der Waals surface area contributed by atoms with Gasteiger partial charge in [0, 0.05) is 38.3 Å². The summed E-state index contributed by atoms with van der Waals surface area (Å²) in [4.78, 5) is 28.7. The fraction of sp³-hybridized carbons (Fsp3) is 0.619. The summed E-state index contributed by atoms with van der Waals surface area (Å²) in [7, 11) is 0. The molecule has 1 aliphatic heterocycles. The summed E-state index contributed by atoms with van der Waals surface area (Å²) in [6.45, 7) is 7.01. The number of nitrogens with one attached hydrogen (secondary N) is 1. The first-order valence-corrected chi connectivity index (χ1v) is 9.96.